The van der Waals surface area contributed by atoms with Crippen LogP contribution in [-0.2, 0) is 9.47 Å². The summed E-state index contributed by atoms with van der Waals surface area (Å²) in [5, 5.41) is 0. The lowest BCUT2D eigenvalue weighted by molar-refractivity contribution is 0.0525. The molecule has 0 heterocycles. The SMILES string of the molecule is CCOC(=O)c1cc(C(=O)OCC)c2ccc(-c3ccc(OC)cc3)ccc1-2. The van der Waals surface area contributed by atoms with Crippen LogP contribution in [0.25, 0.3) is 22.3 Å². The third-order valence-electron chi connectivity index (χ3n) is 4.43. The van der Waals surface area contributed by atoms with Crippen molar-refractivity contribution in [3.05, 3.63) is 65.7 Å². The Kier molecular flexibility index (Phi) is 5.94. The minimum absolute atomic E-state index is 0.260. The Hall–Kier alpha value is -3.34. The fourth-order valence-electron chi connectivity index (χ4n) is 3.08. The standard InChI is InChI=1S/C23H22O5/c1-4-27-22(24)20-14-21(23(25)28-5-2)19-13-9-16(8-12-18(19)20)15-6-10-17(26-3)11-7-15/h6-14H,4-5H2,1-3H3. The predicted molar refractivity (Wildman–Crippen MR) is 107 cm³/mol. The fraction of sp³-hybridized carbons (Fsp3) is 0.217. The van der Waals surface area contributed by atoms with Crippen molar-refractivity contribution >= 4 is 11.9 Å². The Morgan fingerprint density at radius 3 is 1.54 bits per heavy atom. The van der Waals surface area contributed by atoms with Crippen LogP contribution < -0.4 is 4.74 Å². The lowest BCUT2D eigenvalue weighted by Gasteiger charge is -2.02. The molecule has 0 radical (unpaired) electrons. The van der Waals surface area contributed by atoms with Crippen molar-refractivity contribution in [3.63, 3.8) is 0 Å². The molecule has 0 unspecified atom stereocenters. The second kappa shape index (κ2) is 8.57. The molecule has 0 atom stereocenters. The van der Waals surface area contributed by atoms with E-state index in [9.17, 15) is 9.59 Å². The van der Waals surface area contributed by atoms with Gasteiger partial charge in [0, 0.05) is 0 Å². The average Bonchev–Trinajstić information content (AvgIpc) is 2.94. The zero-order chi connectivity index (χ0) is 20.1. The summed E-state index contributed by atoms with van der Waals surface area (Å²) in [7, 11) is 1.62. The van der Waals surface area contributed by atoms with E-state index in [-0.39, 0.29) is 13.2 Å². The number of carbonyl (C=O) groups is 2. The molecule has 0 saturated carbocycles. The third-order valence-corrected chi connectivity index (χ3v) is 4.43. The van der Waals surface area contributed by atoms with E-state index in [0.717, 1.165) is 16.9 Å². The Bertz CT molecular complexity index is 907. The van der Waals surface area contributed by atoms with Crippen LogP contribution in [0.1, 0.15) is 34.6 Å². The van der Waals surface area contributed by atoms with Gasteiger partial charge >= 0.3 is 11.9 Å². The van der Waals surface area contributed by atoms with E-state index in [1.807, 2.05) is 48.5 Å². The molecule has 144 valence electrons. The van der Waals surface area contributed by atoms with Crippen molar-refractivity contribution < 1.29 is 23.8 Å². The molecule has 1 aromatic carbocycles. The lowest BCUT2D eigenvalue weighted by atomic mass is 10.1. The highest BCUT2D eigenvalue weighted by molar-refractivity contribution is 6.08. The highest BCUT2D eigenvalue weighted by atomic mass is 16.5. The number of esters is 2. The van der Waals surface area contributed by atoms with Crippen LogP contribution in [0.2, 0.25) is 0 Å². The second-order valence-electron chi connectivity index (χ2n) is 6.09. The number of benzene rings is 1. The number of carbonyl (C=O) groups excluding carboxylic acids is 2. The molecule has 3 rings (SSSR count). The number of hydrogen-bond acceptors (Lipinski definition) is 5. The first-order chi connectivity index (χ1) is 13.6. The molecule has 0 aromatic heterocycles. The molecule has 5 heteroatoms. The zero-order valence-electron chi connectivity index (χ0n) is 16.2. The maximum Gasteiger partial charge on any atom is 0.338 e. The summed E-state index contributed by atoms with van der Waals surface area (Å²) < 4.78 is 15.5. The van der Waals surface area contributed by atoms with Gasteiger partial charge in [0.15, 0.2) is 0 Å². The van der Waals surface area contributed by atoms with Crippen LogP contribution in [0, 0.1) is 0 Å². The van der Waals surface area contributed by atoms with Gasteiger partial charge in [-0.3, -0.25) is 0 Å². The van der Waals surface area contributed by atoms with Gasteiger partial charge in [0.25, 0.3) is 0 Å². The van der Waals surface area contributed by atoms with E-state index in [1.54, 1.807) is 27.0 Å². The van der Waals surface area contributed by atoms with E-state index >= 15 is 0 Å². The van der Waals surface area contributed by atoms with E-state index in [4.69, 9.17) is 14.2 Å². The van der Waals surface area contributed by atoms with Crippen LogP contribution in [0.5, 0.6) is 5.75 Å². The zero-order valence-corrected chi connectivity index (χ0v) is 16.2. The summed E-state index contributed by atoms with van der Waals surface area (Å²) in [6, 6.07) is 16.7. The van der Waals surface area contributed by atoms with Gasteiger partial charge in [-0.1, -0.05) is 36.4 Å². The molecule has 0 aliphatic heterocycles. The van der Waals surface area contributed by atoms with Gasteiger partial charge in [-0.25, -0.2) is 9.59 Å². The van der Waals surface area contributed by atoms with Gasteiger partial charge in [-0.15, -0.1) is 0 Å². The molecule has 28 heavy (non-hydrogen) atoms. The molecule has 0 saturated heterocycles. The quantitative estimate of drug-likeness (QED) is 0.576. The molecule has 0 amide bonds. The van der Waals surface area contributed by atoms with E-state index in [2.05, 4.69) is 0 Å². The molecule has 2 aliphatic rings. The first-order valence-electron chi connectivity index (χ1n) is 9.14. The summed E-state index contributed by atoms with van der Waals surface area (Å²) in [6.07, 6.45) is 0. The van der Waals surface area contributed by atoms with Gasteiger partial charge in [-0.05, 0) is 54.3 Å². The molecular weight excluding hydrogens is 356 g/mol. The summed E-state index contributed by atoms with van der Waals surface area (Å²) in [5.41, 5.74) is 3.97. The minimum Gasteiger partial charge on any atom is -0.497 e. The van der Waals surface area contributed by atoms with Crippen molar-refractivity contribution in [1.82, 2.24) is 0 Å². The maximum atomic E-state index is 12.4. The van der Waals surface area contributed by atoms with Crippen molar-refractivity contribution in [3.8, 4) is 28.0 Å². The molecule has 0 fully saturated rings. The van der Waals surface area contributed by atoms with Crippen LogP contribution in [0.4, 0.5) is 0 Å². The Morgan fingerprint density at radius 1 is 0.714 bits per heavy atom. The maximum absolute atomic E-state index is 12.4. The molecule has 0 N–H and O–H groups in total. The van der Waals surface area contributed by atoms with Crippen molar-refractivity contribution in [2.75, 3.05) is 20.3 Å². The molecular formula is C23H22O5. The number of methoxy groups -OCH3 is 1. The summed E-state index contributed by atoms with van der Waals surface area (Å²) >= 11 is 0. The highest BCUT2D eigenvalue weighted by Gasteiger charge is 2.25. The number of rotatable bonds is 6. The van der Waals surface area contributed by atoms with Gasteiger partial charge in [0.1, 0.15) is 5.75 Å². The van der Waals surface area contributed by atoms with E-state index in [1.165, 1.54) is 0 Å². The minimum atomic E-state index is -0.458. The Morgan fingerprint density at radius 2 is 1.14 bits per heavy atom. The topological polar surface area (TPSA) is 61.8 Å². The first kappa shape index (κ1) is 19.4. The number of fused-ring (bicyclic) bond motifs is 1. The predicted octanol–water partition coefficient (Wildman–Crippen LogP) is 4.82. The van der Waals surface area contributed by atoms with E-state index < -0.39 is 11.9 Å². The van der Waals surface area contributed by atoms with Gasteiger partial charge in [-0.2, -0.15) is 0 Å². The summed E-state index contributed by atoms with van der Waals surface area (Å²) in [6.45, 7) is 4.01. The Balaban J connectivity index is 2.12. The highest BCUT2D eigenvalue weighted by Crippen LogP contribution is 2.35. The number of hydrogen-bond donors (Lipinski definition) is 0. The Labute approximate surface area is 164 Å². The van der Waals surface area contributed by atoms with Crippen LogP contribution in [-0.4, -0.2) is 32.3 Å². The molecule has 1 aromatic rings. The second-order valence-corrected chi connectivity index (χ2v) is 6.09. The van der Waals surface area contributed by atoms with Crippen molar-refractivity contribution in [2.45, 2.75) is 13.8 Å². The molecule has 0 spiro atoms. The normalized spacial score (nSPS) is 10.5. The van der Waals surface area contributed by atoms with Gasteiger partial charge in [0.2, 0.25) is 0 Å². The monoisotopic (exact) mass is 378 g/mol. The third kappa shape index (κ3) is 3.83. The summed E-state index contributed by atoms with van der Waals surface area (Å²) in [5.74, 6) is -0.141. The average molecular weight is 378 g/mol. The first-order valence-corrected chi connectivity index (χ1v) is 9.14. The van der Waals surface area contributed by atoms with Crippen LogP contribution in [0.15, 0.2) is 54.6 Å². The van der Waals surface area contributed by atoms with Crippen molar-refractivity contribution in [2.24, 2.45) is 0 Å². The van der Waals surface area contributed by atoms with Crippen LogP contribution in [0.3, 0.4) is 0 Å². The van der Waals surface area contributed by atoms with Gasteiger partial charge in [0.05, 0.1) is 31.5 Å². The largest absolute Gasteiger partial charge is 0.497 e. The van der Waals surface area contributed by atoms with Gasteiger partial charge < -0.3 is 14.2 Å². The van der Waals surface area contributed by atoms with Crippen LogP contribution >= 0.6 is 0 Å². The smallest absolute Gasteiger partial charge is 0.338 e. The fourth-order valence-corrected chi connectivity index (χ4v) is 3.08. The van der Waals surface area contributed by atoms with E-state index in [0.29, 0.717) is 22.3 Å². The van der Waals surface area contributed by atoms with Crippen molar-refractivity contribution in [1.29, 1.82) is 0 Å². The lowest BCUT2D eigenvalue weighted by Crippen LogP contribution is -2.05. The molecule has 5 nitrogen and oxygen atoms in total. The number of ether oxygens (including phenoxy) is 3. The summed E-state index contributed by atoms with van der Waals surface area (Å²) in [4.78, 5) is 24.8. The molecule has 2 aliphatic carbocycles. The molecule has 0 bridgehead atoms.